The zero-order valence-corrected chi connectivity index (χ0v) is 26.8. The van der Waals surface area contributed by atoms with E-state index in [1.807, 2.05) is 44.2 Å². The average Bonchev–Trinajstić information content (AvgIpc) is 3.62. The van der Waals surface area contributed by atoms with Crippen molar-refractivity contribution in [3.8, 4) is 17.1 Å². The molecule has 0 bridgehead atoms. The topological polar surface area (TPSA) is 123 Å². The van der Waals surface area contributed by atoms with Gasteiger partial charge in [0.2, 0.25) is 0 Å². The van der Waals surface area contributed by atoms with Gasteiger partial charge in [-0.3, -0.25) is 14.2 Å². The molecule has 1 aliphatic heterocycles. The summed E-state index contributed by atoms with van der Waals surface area (Å²) in [6.07, 6.45) is 1.61. The second-order valence-corrected chi connectivity index (χ2v) is 12.2. The van der Waals surface area contributed by atoms with Gasteiger partial charge in [0.25, 0.3) is 11.5 Å². The number of furan rings is 1. The zero-order chi connectivity index (χ0) is 32.7. The monoisotopic (exact) mass is 653 g/mol. The van der Waals surface area contributed by atoms with Crippen LogP contribution in [0, 0.1) is 13.8 Å². The Morgan fingerprint density at radius 1 is 1.04 bits per heavy atom. The number of aryl methyl sites for hydroxylation is 2. The van der Waals surface area contributed by atoms with Gasteiger partial charge >= 0.3 is 5.97 Å². The number of rotatable bonds is 7. The van der Waals surface area contributed by atoms with E-state index in [-0.39, 0.29) is 22.1 Å². The number of hydrogen-bond donors (Lipinski definition) is 2. The summed E-state index contributed by atoms with van der Waals surface area (Å²) in [6.45, 7) is 5.68. The lowest BCUT2D eigenvalue weighted by atomic mass is 9.95. The molecule has 232 valence electrons. The van der Waals surface area contributed by atoms with Gasteiger partial charge in [0.1, 0.15) is 17.3 Å². The van der Waals surface area contributed by atoms with Crippen LogP contribution in [0.3, 0.4) is 0 Å². The molecular weight excluding hydrogens is 626 g/mol. The summed E-state index contributed by atoms with van der Waals surface area (Å²) >= 11 is 7.21. The number of methoxy groups -OCH3 is 1. The standard InChI is InChI=1S/C35H28ClN3O6S/c1-18-5-13-27(19(2)15-18)38-32(40)30-20(3)37-35-39(31(30)21-6-9-23(44-4)10-7-21)33(41)29(46-35)17-24-11-14-28(45-24)22-8-12-26(36)25(16-22)34(42)43/h5-17,31H,1-4H3,(H,38,40)(H,42,43)/b29-17-/t31-/m0/s1. The molecule has 2 N–H and O–H groups in total. The third-order valence-corrected chi connectivity index (χ3v) is 9.02. The van der Waals surface area contributed by atoms with E-state index in [4.69, 9.17) is 25.7 Å². The fourth-order valence-electron chi connectivity index (χ4n) is 5.41. The molecule has 0 spiro atoms. The molecule has 5 aromatic rings. The van der Waals surface area contributed by atoms with E-state index in [9.17, 15) is 19.5 Å². The van der Waals surface area contributed by atoms with Crippen molar-refractivity contribution in [1.29, 1.82) is 0 Å². The van der Waals surface area contributed by atoms with E-state index < -0.39 is 12.0 Å². The number of amides is 1. The van der Waals surface area contributed by atoms with Crippen LogP contribution >= 0.6 is 22.9 Å². The molecule has 0 aliphatic carbocycles. The van der Waals surface area contributed by atoms with Crippen LogP contribution in [0.2, 0.25) is 5.02 Å². The van der Waals surface area contributed by atoms with Gasteiger partial charge in [0, 0.05) is 17.3 Å². The molecule has 2 aromatic heterocycles. The fraction of sp³-hybridized carbons (Fsp3) is 0.143. The molecule has 0 saturated carbocycles. The van der Waals surface area contributed by atoms with Crippen molar-refractivity contribution in [2.45, 2.75) is 26.8 Å². The van der Waals surface area contributed by atoms with Crippen LogP contribution in [-0.2, 0) is 4.79 Å². The maximum absolute atomic E-state index is 14.1. The first-order chi connectivity index (χ1) is 22.0. The molecule has 1 aliphatic rings. The lowest BCUT2D eigenvalue weighted by Gasteiger charge is -2.25. The summed E-state index contributed by atoms with van der Waals surface area (Å²) in [5, 5.41) is 12.6. The van der Waals surface area contributed by atoms with Gasteiger partial charge in [-0.1, -0.05) is 52.8 Å². The summed E-state index contributed by atoms with van der Waals surface area (Å²) in [5.74, 6) is -0.0683. The number of thiazole rings is 1. The maximum atomic E-state index is 14.1. The van der Waals surface area contributed by atoms with E-state index in [0.29, 0.717) is 54.7 Å². The van der Waals surface area contributed by atoms with Crippen molar-refractivity contribution in [1.82, 2.24) is 4.57 Å². The van der Waals surface area contributed by atoms with Gasteiger partial charge in [0.05, 0.1) is 39.5 Å². The molecule has 11 heteroatoms. The van der Waals surface area contributed by atoms with E-state index in [0.717, 1.165) is 11.1 Å². The molecule has 3 aromatic carbocycles. The third kappa shape index (κ3) is 5.80. The number of fused-ring (bicyclic) bond motifs is 1. The number of carbonyl (C=O) groups excluding carboxylic acids is 1. The van der Waals surface area contributed by atoms with E-state index >= 15 is 0 Å². The minimum Gasteiger partial charge on any atom is -0.497 e. The van der Waals surface area contributed by atoms with Crippen molar-refractivity contribution in [2.24, 2.45) is 4.99 Å². The van der Waals surface area contributed by atoms with Gasteiger partial charge in [0.15, 0.2) is 4.80 Å². The molecule has 9 nitrogen and oxygen atoms in total. The van der Waals surface area contributed by atoms with Gasteiger partial charge in [-0.2, -0.15) is 0 Å². The Labute approximate surface area is 272 Å². The van der Waals surface area contributed by atoms with Crippen LogP contribution in [0.25, 0.3) is 17.4 Å². The normalized spacial score (nSPS) is 14.5. The molecule has 46 heavy (non-hydrogen) atoms. The van der Waals surface area contributed by atoms with Crippen molar-refractivity contribution < 1.29 is 23.8 Å². The quantitative estimate of drug-likeness (QED) is 0.219. The number of halogens is 1. The number of nitrogens with one attached hydrogen (secondary N) is 1. The molecule has 0 unspecified atom stereocenters. The average molecular weight is 654 g/mol. The highest BCUT2D eigenvalue weighted by Crippen LogP contribution is 2.32. The lowest BCUT2D eigenvalue weighted by Crippen LogP contribution is -2.40. The molecule has 0 fully saturated rings. The smallest absolute Gasteiger partial charge is 0.337 e. The highest BCUT2D eigenvalue weighted by atomic mass is 35.5. The van der Waals surface area contributed by atoms with Crippen LogP contribution in [-0.4, -0.2) is 28.7 Å². The number of ether oxygens (including phenoxy) is 1. The number of allylic oxidation sites excluding steroid dienone is 1. The molecule has 1 atom stereocenters. The summed E-state index contributed by atoms with van der Waals surface area (Å²) in [7, 11) is 1.57. The van der Waals surface area contributed by atoms with Gasteiger partial charge < -0.3 is 19.6 Å². The van der Waals surface area contributed by atoms with Crippen LogP contribution in [0.4, 0.5) is 5.69 Å². The van der Waals surface area contributed by atoms with Gasteiger partial charge in [-0.25, -0.2) is 9.79 Å². The van der Waals surface area contributed by atoms with Crippen molar-refractivity contribution >= 4 is 46.6 Å². The van der Waals surface area contributed by atoms with Gasteiger partial charge in [-0.15, -0.1) is 0 Å². The summed E-state index contributed by atoms with van der Waals surface area (Å²) in [6, 6.07) is 20.2. The first-order valence-corrected chi connectivity index (χ1v) is 15.4. The van der Waals surface area contributed by atoms with Crippen molar-refractivity contribution in [3.05, 3.63) is 137 Å². The molecule has 6 rings (SSSR count). The van der Waals surface area contributed by atoms with E-state index in [2.05, 4.69) is 5.32 Å². The SMILES string of the molecule is COc1ccc([C@H]2C(C(=O)Nc3ccc(C)cc3C)=C(C)N=c3s/c(=C\c4ccc(-c5ccc(Cl)c(C(=O)O)c5)o4)c(=O)n32)cc1. The number of carboxylic acids is 1. The number of aromatic carboxylic acids is 1. The van der Waals surface area contributed by atoms with Crippen molar-refractivity contribution in [2.75, 3.05) is 12.4 Å². The predicted molar refractivity (Wildman–Crippen MR) is 177 cm³/mol. The number of carboxylic acid groups (broad SMARTS) is 1. The molecular formula is C35H28ClN3O6S. The number of hydrogen-bond acceptors (Lipinski definition) is 7. The van der Waals surface area contributed by atoms with Crippen LogP contribution in [0.15, 0.2) is 98.3 Å². The molecule has 0 saturated heterocycles. The minimum atomic E-state index is -1.15. The second kappa shape index (κ2) is 12.3. The van der Waals surface area contributed by atoms with E-state index in [1.54, 1.807) is 50.4 Å². The number of carbonyl (C=O) groups is 2. The Hall–Kier alpha value is -5.19. The van der Waals surface area contributed by atoms with Crippen molar-refractivity contribution in [3.63, 3.8) is 0 Å². The number of anilines is 1. The number of nitrogens with zero attached hydrogens (tertiary/aromatic N) is 2. The summed E-state index contributed by atoms with van der Waals surface area (Å²) in [5.41, 5.74) is 4.36. The largest absolute Gasteiger partial charge is 0.497 e. The van der Waals surface area contributed by atoms with Gasteiger partial charge in [-0.05, 0) is 80.4 Å². The van der Waals surface area contributed by atoms with Crippen LogP contribution in [0.5, 0.6) is 5.75 Å². The predicted octanol–water partition coefficient (Wildman–Crippen LogP) is 6.11. The summed E-state index contributed by atoms with van der Waals surface area (Å²) in [4.78, 5) is 44.7. The number of aromatic nitrogens is 1. The first kappa shape index (κ1) is 30.8. The Bertz CT molecular complexity index is 2240. The fourth-order valence-corrected chi connectivity index (χ4v) is 6.64. The maximum Gasteiger partial charge on any atom is 0.337 e. The van der Waals surface area contributed by atoms with E-state index in [1.165, 1.54) is 28.0 Å². The Kier molecular flexibility index (Phi) is 8.24. The molecule has 0 radical (unpaired) electrons. The minimum absolute atomic E-state index is 0.0447. The third-order valence-electron chi connectivity index (χ3n) is 7.71. The lowest BCUT2D eigenvalue weighted by molar-refractivity contribution is -0.113. The summed E-state index contributed by atoms with van der Waals surface area (Å²) < 4.78 is 13.2. The highest BCUT2D eigenvalue weighted by Gasteiger charge is 2.33. The first-order valence-electron chi connectivity index (χ1n) is 14.2. The van der Waals surface area contributed by atoms with Crippen LogP contribution in [0.1, 0.15) is 45.8 Å². The molecule has 3 heterocycles. The Morgan fingerprint density at radius 3 is 2.50 bits per heavy atom. The van der Waals surface area contributed by atoms with Crippen LogP contribution < -0.4 is 24.9 Å². The number of benzene rings is 3. The molecule has 1 amide bonds. The highest BCUT2D eigenvalue weighted by molar-refractivity contribution is 7.07. The Morgan fingerprint density at radius 2 is 1.80 bits per heavy atom. The zero-order valence-electron chi connectivity index (χ0n) is 25.3. The second-order valence-electron chi connectivity index (χ2n) is 10.8. The Balaban J connectivity index is 1.43.